The lowest BCUT2D eigenvalue weighted by molar-refractivity contribution is -0.141. The second kappa shape index (κ2) is 3.84. The average molecular weight is 246 g/mol. The Bertz CT molecular complexity index is 598. The van der Waals surface area contributed by atoms with Crippen molar-refractivity contribution in [1.82, 2.24) is 0 Å². The van der Waals surface area contributed by atoms with E-state index >= 15 is 0 Å². The maximum atomic E-state index is 11.2. The third-order valence-corrected chi connectivity index (χ3v) is 4.22. The third kappa shape index (κ3) is 1.75. The van der Waals surface area contributed by atoms with Crippen molar-refractivity contribution in [2.75, 3.05) is 0 Å². The van der Waals surface area contributed by atoms with E-state index in [1.807, 2.05) is 0 Å². The minimum atomic E-state index is -0.0703. The predicted molar refractivity (Wildman–Crippen MR) is 69.4 cm³/mol. The Kier molecular flexibility index (Phi) is 2.44. The fourth-order valence-electron chi connectivity index (χ4n) is 2.56. The highest BCUT2D eigenvalue weighted by molar-refractivity contribution is 7.17. The summed E-state index contributed by atoms with van der Waals surface area (Å²) >= 11 is 1.74. The molecule has 0 aliphatic carbocycles. The van der Waals surface area contributed by atoms with Crippen LogP contribution < -0.4 is 0 Å². The number of cyclic esters (lactones) is 1. The van der Waals surface area contributed by atoms with Crippen molar-refractivity contribution in [2.45, 2.75) is 32.8 Å². The Morgan fingerprint density at radius 1 is 1.35 bits per heavy atom. The van der Waals surface area contributed by atoms with Gasteiger partial charge in [0.1, 0.15) is 6.10 Å². The van der Waals surface area contributed by atoms with E-state index < -0.39 is 0 Å². The summed E-state index contributed by atoms with van der Waals surface area (Å²) in [6, 6.07) is 4.39. The summed E-state index contributed by atoms with van der Waals surface area (Å²) in [7, 11) is 0. The van der Waals surface area contributed by atoms with E-state index in [0.717, 1.165) is 6.42 Å². The number of aryl methyl sites for hydroxylation is 2. The monoisotopic (exact) mass is 246 g/mol. The maximum absolute atomic E-state index is 11.2. The van der Waals surface area contributed by atoms with Gasteiger partial charge in [0.05, 0.1) is 0 Å². The van der Waals surface area contributed by atoms with Crippen LogP contribution in [0.5, 0.6) is 0 Å². The van der Waals surface area contributed by atoms with Gasteiger partial charge in [-0.15, -0.1) is 11.3 Å². The molecule has 1 unspecified atom stereocenters. The van der Waals surface area contributed by atoms with Crippen LogP contribution in [0.4, 0.5) is 0 Å². The number of carbonyl (C=O) groups excluding carboxylic acids is 1. The van der Waals surface area contributed by atoms with E-state index in [0.29, 0.717) is 6.42 Å². The summed E-state index contributed by atoms with van der Waals surface area (Å²) in [5, 5.41) is 3.42. The Morgan fingerprint density at radius 3 is 2.88 bits per heavy atom. The van der Waals surface area contributed by atoms with Crippen molar-refractivity contribution in [2.24, 2.45) is 0 Å². The first-order valence-electron chi connectivity index (χ1n) is 5.83. The van der Waals surface area contributed by atoms with E-state index in [9.17, 15) is 4.79 Å². The second-order valence-electron chi connectivity index (χ2n) is 4.66. The van der Waals surface area contributed by atoms with E-state index in [4.69, 9.17) is 4.74 Å². The first kappa shape index (κ1) is 10.8. The largest absolute Gasteiger partial charge is 0.457 e. The number of hydrogen-bond acceptors (Lipinski definition) is 3. The van der Waals surface area contributed by atoms with E-state index in [2.05, 4.69) is 31.4 Å². The zero-order valence-electron chi connectivity index (χ0n) is 9.95. The van der Waals surface area contributed by atoms with Crippen molar-refractivity contribution in [1.29, 1.82) is 0 Å². The lowest BCUT2D eigenvalue weighted by atomic mass is 10.0. The summed E-state index contributed by atoms with van der Waals surface area (Å²) in [6.45, 7) is 4.24. The number of rotatable bonds is 1. The average Bonchev–Trinajstić information content (AvgIpc) is 2.83. The molecule has 0 amide bonds. The van der Waals surface area contributed by atoms with Crippen LogP contribution in [0, 0.1) is 13.8 Å². The van der Waals surface area contributed by atoms with Crippen LogP contribution in [0.1, 0.15) is 35.6 Å². The molecule has 17 heavy (non-hydrogen) atoms. The van der Waals surface area contributed by atoms with Gasteiger partial charge in [-0.1, -0.05) is 6.07 Å². The molecule has 3 heteroatoms. The molecule has 2 aromatic rings. The van der Waals surface area contributed by atoms with Gasteiger partial charge in [-0.05, 0) is 42.8 Å². The molecule has 0 radical (unpaired) electrons. The first-order valence-corrected chi connectivity index (χ1v) is 6.71. The zero-order valence-corrected chi connectivity index (χ0v) is 10.8. The minimum absolute atomic E-state index is 0.0299. The van der Waals surface area contributed by atoms with Crippen LogP contribution in [0.3, 0.4) is 0 Å². The van der Waals surface area contributed by atoms with Gasteiger partial charge < -0.3 is 4.74 Å². The normalized spacial score (nSPS) is 19.9. The van der Waals surface area contributed by atoms with Crippen molar-refractivity contribution in [3.8, 4) is 0 Å². The molecule has 1 fully saturated rings. The molecule has 88 valence electrons. The molecule has 0 spiro atoms. The number of ether oxygens (including phenoxy) is 1. The van der Waals surface area contributed by atoms with Gasteiger partial charge in [0, 0.05) is 22.1 Å². The number of thiophene rings is 1. The highest BCUT2D eigenvalue weighted by atomic mass is 32.1. The number of hydrogen-bond donors (Lipinski definition) is 0. The predicted octanol–water partition coefficient (Wildman–Crippen LogP) is 3.90. The Hall–Kier alpha value is -1.35. The third-order valence-electron chi connectivity index (χ3n) is 3.28. The molecule has 1 aliphatic rings. The van der Waals surface area contributed by atoms with Crippen LogP contribution in [0.2, 0.25) is 0 Å². The van der Waals surface area contributed by atoms with Gasteiger partial charge in [-0.3, -0.25) is 4.79 Å². The lowest BCUT2D eigenvalue weighted by Gasteiger charge is -2.09. The lowest BCUT2D eigenvalue weighted by Crippen LogP contribution is -1.98. The zero-order chi connectivity index (χ0) is 12.0. The Morgan fingerprint density at radius 2 is 2.18 bits per heavy atom. The molecular weight excluding hydrogens is 232 g/mol. The Balaban J connectivity index is 2.14. The topological polar surface area (TPSA) is 26.3 Å². The summed E-state index contributed by atoms with van der Waals surface area (Å²) in [5.74, 6) is -0.0703. The molecule has 0 N–H and O–H groups in total. The SMILES string of the molecule is Cc1cc(C)c2c(C3CCC(=O)O3)csc2c1. The van der Waals surface area contributed by atoms with Crippen LogP contribution >= 0.6 is 11.3 Å². The maximum Gasteiger partial charge on any atom is 0.306 e. The number of esters is 1. The van der Waals surface area contributed by atoms with Crippen LogP contribution in [0.25, 0.3) is 10.1 Å². The van der Waals surface area contributed by atoms with Crippen LogP contribution in [-0.4, -0.2) is 5.97 Å². The highest BCUT2D eigenvalue weighted by Gasteiger charge is 2.27. The van der Waals surface area contributed by atoms with E-state index in [-0.39, 0.29) is 12.1 Å². The highest BCUT2D eigenvalue weighted by Crippen LogP contribution is 2.39. The van der Waals surface area contributed by atoms with Crippen LogP contribution in [0.15, 0.2) is 17.5 Å². The minimum Gasteiger partial charge on any atom is -0.457 e. The van der Waals surface area contributed by atoms with Crippen LogP contribution in [-0.2, 0) is 9.53 Å². The molecule has 1 atom stereocenters. The molecule has 1 aromatic carbocycles. The number of carbonyl (C=O) groups is 1. The number of fused-ring (bicyclic) bond motifs is 1. The van der Waals surface area contributed by atoms with Gasteiger partial charge in [-0.2, -0.15) is 0 Å². The molecule has 0 bridgehead atoms. The fraction of sp³-hybridized carbons (Fsp3) is 0.357. The summed E-state index contributed by atoms with van der Waals surface area (Å²) in [6.07, 6.45) is 1.34. The summed E-state index contributed by atoms with van der Waals surface area (Å²) in [5.41, 5.74) is 3.75. The van der Waals surface area contributed by atoms with Gasteiger partial charge >= 0.3 is 5.97 Å². The smallest absolute Gasteiger partial charge is 0.306 e. The first-order chi connectivity index (χ1) is 8.15. The van der Waals surface area contributed by atoms with E-state index in [1.165, 1.54) is 26.8 Å². The van der Waals surface area contributed by atoms with Gasteiger partial charge in [0.15, 0.2) is 0 Å². The van der Waals surface area contributed by atoms with Gasteiger partial charge in [0.2, 0.25) is 0 Å². The van der Waals surface area contributed by atoms with Gasteiger partial charge in [-0.25, -0.2) is 0 Å². The molecule has 1 saturated heterocycles. The molecule has 0 saturated carbocycles. The molecule has 2 nitrogen and oxygen atoms in total. The summed E-state index contributed by atoms with van der Waals surface area (Å²) < 4.78 is 6.66. The molecule has 1 aliphatic heterocycles. The second-order valence-corrected chi connectivity index (χ2v) is 5.57. The van der Waals surface area contributed by atoms with Crippen molar-refractivity contribution >= 4 is 27.4 Å². The molecule has 1 aromatic heterocycles. The van der Waals surface area contributed by atoms with E-state index in [1.54, 1.807) is 11.3 Å². The molecular formula is C14H14O2S. The molecule has 3 rings (SSSR count). The fourth-order valence-corrected chi connectivity index (χ4v) is 3.73. The summed E-state index contributed by atoms with van der Waals surface area (Å²) in [4.78, 5) is 11.2. The standard InChI is InChI=1S/C14H14O2S/c1-8-5-9(2)14-10(7-17-12(14)6-8)11-3-4-13(15)16-11/h5-7,11H,3-4H2,1-2H3. The van der Waals surface area contributed by atoms with Crippen molar-refractivity contribution in [3.05, 3.63) is 34.2 Å². The Labute approximate surface area is 104 Å². The molecule has 2 heterocycles. The van der Waals surface area contributed by atoms with Gasteiger partial charge in [0.25, 0.3) is 0 Å². The van der Waals surface area contributed by atoms with Crippen molar-refractivity contribution < 1.29 is 9.53 Å². The van der Waals surface area contributed by atoms with Crippen molar-refractivity contribution in [3.63, 3.8) is 0 Å². The number of benzene rings is 1. The quantitative estimate of drug-likeness (QED) is 0.713.